The number of rotatable bonds is 7. The second kappa shape index (κ2) is 10.8. The molecular formula is C22H26N2O3S. The summed E-state index contributed by atoms with van der Waals surface area (Å²) in [6, 6.07) is 19.4. The normalized spacial score (nSPS) is 18.9. The van der Waals surface area contributed by atoms with Gasteiger partial charge in [-0.3, -0.25) is 10.1 Å². The lowest BCUT2D eigenvalue weighted by Crippen LogP contribution is -2.41. The molecule has 2 atom stereocenters. The number of thioether (sulfide) groups is 1. The van der Waals surface area contributed by atoms with Crippen LogP contribution in [0.1, 0.15) is 32.1 Å². The molecule has 0 unspecified atom stereocenters. The lowest BCUT2D eigenvalue weighted by molar-refractivity contribution is -0.121. The Kier molecular flexibility index (Phi) is 7.79. The molecule has 1 aliphatic rings. The van der Waals surface area contributed by atoms with Crippen molar-refractivity contribution in [3.8, 4) is 0 Å². The van der Waals surface area contributed by atoms with E-state index in [4.69, 9.17) is 4.74 Å². The minimum atomic E-state index is -0.442. The number of benzene rings is 2. The second-order valence-electron chi connectivity index (χ2n) is 6.86. The highest BCUT2D eigenvalue weighted by Crippen LogP contribution is 2.22. The summed E-state index contributed by atoms with van der Waals surface area (Å²) in [5.41, 5.74) is 0.712. The minimum absolute atomic E-state index is 0.0582. The van der Waals surface area contributed by atoms with Gasteiger partial charge in [0, 0.05) is 35.2 Å². The molecule has 0 aliphatic heterocycles. The van der Waals surface area contributed by atoms with Crippen molar-refractivity contribution in [1.29, 1.82) is 0 Å². The van der Waals surface area contributed by atoms with Gasteiger partial charge >= 0.3 is 6.09 Å². The first-order valence-corrected chi connectivity index (χ1v) is 10.7. The van der Waals surface area contributed by atoms with Crippen molar-refractivity contribution in [2.75, 3.05) is 11.1 Å². The zero-order chi connectivity index (χ0) is 19.6. The SMILES string of the molecule is O=C(CCSc1ccccc1)N[C@@H]1CCC[C@H](OC(=O)Nc2ccccc2)C1. The van der Waals surface area contributed by atoms with E-state index in [0.717, 1.165) is 25.0 Å². The van der Waals surface area contributed by atoms with Crippen LogP contribution in [0.3, 0.4) is 0 Å². The van der Waals surface area contributed by atoms with Gasteiger partial charge in [-0.25, -0.2) is 4.79 Å². The summed E-state index contributed by atoms with van der Waals surface area (Å²) in [6.07, 6.45) is 3.24. The number of ether oxygens (including phenoxy) is 1. The van der Waals surface area contributed by atoms with Crippen LogP contribution in [0.5, 0.6) is 0 Å². The number of hydrogen-bond acceptors (Lipinski definition) is 4. The smallest absolute Gasteiger partial charge is 0.411 e. The molecular weight excluding hydrogens is 372 g/mol. The summed E-state index contributed by atoms with van der Waals surface area (Å²) in [5, 5.41) is 5.83. The van der Waals surface area contributed by atoms with Crippen molar-refractivity contribution in [2.45, 2.75) is 49.1 Å². The van der Waals surface area contributed by atoms with Gasteiger partial charge in [0.25, 0.3) is 0 Å². The van der Waals surface area contributed by atoms with Crippen molar-refractivity contribution < 1.29 is 14.3 Å². The van der Waals surface area contributed by atoms with Gasteiger partial charge in [0.15, 0.2) is 0 Å². The lowest BCUT2D eigenvalue weighted by atomic mass is 9.93. The quantitative estimate of drug-likeness (QED) is 0.655. The molecule has 2 aromatic carbocycles. The first kappa shape index (κ1) is 20.3. The number of carbonyl (C=O) groups excluding carboxylic acids is 2. The Hall–Kier alpha value is -2.47. The highest BCUT2D eigenvalue weighted by atomic mass is 32.2. The Bertz CT molecular complexity index is 755. The fourth-order valence-corrected chi connectivity index (χ4v) is 4.15. The van der Waals surface area contributed by atoms with Crippen LogP contribution in [-0.4, -0.2) is 29.9 Å². The van der Waals surface area contributed by atoms with Gasteiger partial charge in [-0.05, 0) is 43.5 Å². The molecule has 1 aliphatic carbocycles. The van der Waals surface area contributed by atoms with Crippen LogP contribution in [0.2, 0.25) is 0 Å². The van der Waals surface area contributed by atoms with E-state index in [0.29, 0.717) is 18.5 Å². The van der Waals surface area contributed by atoms with Gasteiger partial charge in [-0.2, -0.15) is 0 Å². The average molecular weight is 399 g/mol. The molecule has 0 heterocycles. The predicted octanol–water partition coefficient (Wildman–Crippen LogP) is 4.84. The second-order valence-corrected chi connectivity index (χ2v) is 8.03. The molecule has 0 radical (unpaired) electrons. The van der Waals surface area contributed by atoms with Crippen LogP contribution in [-0.2, 0) is 9.53 Å². The Morgan fingerprint density at radius 1 is 1.00 bits per heavy atom. The molecule has 28 heavy (non-hydrogen) atoms. The van der Waals surface area contributed by atoms with Gasteiger partial charge in [-0.1, -0.05) is 36.4 Å². The average Bonchev–Trinajstić information content (AvgIpc) is 2.70. The van der Waals surface area contributed by atoms with E-state index in [1.165, 1.54) is 4.90 Å². The molecule has 2 N–H and O–H groups in total. The molecule has 0 aromatic heterocycles. The first-order valence-electron chi connectivity index (χ1n) is 9.69. The fourth-order valence-electron chi connectivity index (χ4n) is 3.28. The molecule has 0 bridgehead atoms. The molecule has 2 aromatic rings. The van der Waals surface area contributed by atoms with Crippen LogP contribution in [0.25, 0.3) is 0 Å². The summed E-state index contributed by atoms with van der Waals surface area (Å²) < 4.78 is 5.54. The summed E-state index contributed by atoms with van der Waals surface area (Å²) in [7, 11) is 0. The molecule has 0 spiro atoms. The highest BCUT2D eigenvalue weighted by Gasteiger charge is 2.26. The summed E-state index contributed by atoms with van der Waals surface area (Å²) in [4.78, 5) is 25.5. The van der Waals surface area contributed by atoms with Crippen LogP contribution in [0.4, 0.5) is 10.5 Å². The molecule has 6 heteroatoms. The summed E-state index contributed by atoms with van der Waals surface area (Å²) >= 11 is 1.68. The van der Waals surface area contributed by atoms with Crippen LogP contribution in [0.15, 0.2) is 65.6 Å². The third-order valence-corrected chi connectivity index (χ3v) is 5.64. The number of carbonyl (C=O) groups is 2. The largest absolute Gasteiger partial charge is 0.446 e. The maximum absolute atomic E-state index is 12.2. The van der Waals surface area contributed by atoms with Crippen molar-refractivity contribution in [3.05, 3.63) is 60.7 Å². The molecule has 148 valence electrons. The van der Waals surface area contributed by atoms with Crippen LogP contribution < -0.4 is 10.6 Å². The Labute approximate surface area is 170 Å². The number of anilines is 1. The van der Waals surface area contributed by atoms with Gasteiger partial charge in [0.1, 0.15) is 6.10 Å². The predicted molar refractivity (Wildman–Crippen MR) is 113 cm³/mol. The molecule has 5 nitrogen and oxygen atoms in total. The number of para-hydroxylation sites is 1. The molecule has 2 amide bonds. The molecule has 3 rings (SSSR count). The van der Waals surface area contributed by atoms with Gasteiger partial charge in [0.2, 0.25) is 5.91 Å². The van der Waals surface area contributed by atoms with Crippen molar-refractivity contribution in [2.24, 2.45) is 0 Å². The van der Waals surface area contributed by atoms with Crippen molar-refractivity contribution >= 4 is 29.4 Å². The third kappa shape index (κ3) is 6.93. The zero-order valence-electron chi connectivity index (χ0n) is 15.8. The molecule has 1 fully saturated rings. The van der Waals surface area contributed by atoms with Crippen molar-refractivity contribution in [3.63, 3.8) is 0 Å². The third-order valence-electron chi connectivity index (χ3n) is 4.63. The maximum Gasteiger partial charge on any atom is 0.411 e. The van der Waals surface area contributed by atoms with E-state index in [1.807, 2.05) is 60.7 Å². The minimum Gasteiger partial charge on any atom is -0.446 e. The lowest BCUT2D eigenvalue weighted by Gasteiger charge is -2.29. The van der Waals surface area contributed by atoms with Crippen molar-refractivity contribution in [1.82, 2.24) is 5.32 Å². The molecule has 1 saturated carbocycles. The summed E-state index contributed by atoms with van der Waals surface area (Å²) in [5.74, 6) is 0.810. The maximum atomic E-state index is 12.2. The van der Waals surface area contributed by atoms with E-state index >= 15 is 0 Å². The number of nitrogens with one attached hydrogen (secondary N) is 2. The summed E-state index contributed by atoms with van der Waals surface area (Å²) in [6.45, 7) is 0. The number of amides is 2. The Morgan fingerprint density at radius 3 is 2.46 bits per heavy atom. The number of hydrogen-bond donors (Lipinski definition) is 2. The standard InChI is InChI=1S/C22H26N2O3S/c25-21(14-15-28-20-12-5-2-6-13-20)23-18-10-7-11-19(16-18)27-22(26)24-17-8-3-1-4-9-17/h1-6,8-9,12-13,18-19H,7,10-11,14-16H2,(H,23,25)(H,24,26)/t18-,19+/m1/s1. The topological polar surface area (TPSA) is 67.4 Å². The van der Waals surface area contributed by atoms with Gasteiger partial charge in [0.05, 0.1) is 0 Å². The van der Waals surface area contributed by atoms with Gasteiger partial charge < -0.3 is 10.1 Å². The van der Waals surface area contributed by atoms with E-state index in [9.17, 15) is 9.59 Å². The van der Waals surface area contributed by atoms with E-state index < -0.39 is 6.09 Å². The van der Waals surface area contributed by atoms with Gasteiger partial charge in [-0.15, -0.1) is 11.8 Å². The van der Waals surface area contributed by atoms with E-state index in [1.54, 1.807) is 11.8 Å². The monoisotopic (exact) mass is 398 g/mol. The Morgan fingerprint density at radius 2 is 1.71 bits per heavy atom. The fraction of sp³-hybridized carbons (Fsp3) is 0.364. The van der Waals surface area contributed by atoms with Crippen LogP contribution >= 0.6 is 11.8 Å². The zero-order valence-corrected chi connectivity index (χ0v) is 16.6. The van der Waals surface area contributed by atoms with E-state index in [2.05, 4.69) is 10.6 Å². The Balaban J connectivity index is 1.37. The molecule has 0 saturated heterocycles. The van der Waals surface area contributed by atoms with E-state index in [-0.39, 0.29) is 18.1 Å². The first-order chi connectivity index (χ1) is 13.7. The highest BCUT2D eigenvalue weighted by molar-refractivity contribution is 7.99. The van der Waals surface area contributed by atoms with Crippen LogP contribution in [0, 0.1) is 0 Å².